The predicted octanol–water partition coefficient (Wildman–Crippen LogP) is 0.908. The van der Waals surface area contributed by atoms with E-state index in [4.69, 9.17) is 10.5 Å². The summed E-state index contributed by atoms with van der Waals surface area (Å²) in [4.78, 5) is 3.82. The van der Waals surface area contributed by atoms with Gasteiger partial charge in [0.2, 0.25) is 5.82 Å². The molecule has 0 saturated heterocycles. The molecule has 6 heteroatoms. The number of anilines is 2. The van der Waals surface area contributed by atoms with Gasteiger partial charge in [-0.25, -0.2) is 4.73 Å². The van der Waals surface area contributed by atoms with Crippen molar-refractivity contribution < 1.29 is 9.47 Å². The van der Waals surface area contributed by atoms with E-state index in [1.165, 1.54) is 0 Å². The van der Waals surface area contributed by atoms with Gasteiger partial charge in [0.05, 0.1) is 12.7 Å². The zero-order valence-corrected chi connectivity index (χ0v) is 9.69. The molecule has 1 rings (SSSR count). The highest BCUT2D eigenvalue weighted by atomic mass is 16.5. The number of nitrogens with two attached hydrogens (primary N) is 1. The van der Waals surface area contributed by atoms with E-state index in [2.05, 4.69) is 17.2 Å². The van der Waals surface area contributed by atoms with E-state index in [1.807, 2.05) is 6.92 Å². The quantitative estimate of drug-likeness (QED) is 0.427. The van der Waals surface area contributed by atoms with Crippen LogP contribution in [0.3, 0.4) is 0 Å². The van der Waals surface area contributed by atoms with Gasteiger partial charge in [0.1, 0.15) is 0 Å². The van der Waals surface area contributed by atoms with Gasteiger partial charge in [-0.3, -0.25) is 0 Å². The van der Waals surface area contributed by atoms with Crippen LogP contribution in [-0.2, 0) is 0 Å². The largest absolute Gasteiger partial charge is 0.754 e. The molecule has 0 atom stereocenters. The minimum absolute atomic E-state index is 0.107. The highest BCUT2D eigenvalue weighted by Crippen LogP contribution is 2.12. The van der Waals surface area contributed by atoms with Crippen LogP contribution in [0.1, 0.15) is 26.7 Å². The summed E-state index contributed by atoms with van der Waals surface area (Å²) in [5.74, 6) is 0.639. The summed E-state index contributed by atoms with van der Waals surface area (Å²) in [5.41, 5.74) is 5.48. The van der Waals surface area contributed by atoms with Gasteiger partial charge in [0.25, 0.3) is 5.88 Å². The number of ether oxygens (including phenoxy) is 1. The Kier molecular flexibility index (Phi) is 4.63. The van der Waals surface area contributed by atoms with E-state index < -0.39 is 0 Å². The molecule has 0 radical (unpaired) electrons. The van der Waals surface area contributed by atoms with Gasteiger partial charge in [-0.05, 0) is 13.3 Å². The highest BCUT2D eigenvalue weighted by Gasteiger charge is 2.10. The molecule has 0 unspecified atom stereocenters. The molecule has 0 spiro atoms. The Morgan fingerprint density at radius 2 is 2.31 bits per heavy atom. The molecule has 0 fully saturated rings. The van der Waals surface area contributed by atoms with Crippen LogP contribution in [0.2, 0.25) is 0 Å². The van der Waals surface area contributed by atoms with Gasteiger partial charge in [-0.2, -0.15) is 0 Å². The molecule has 1 heterocycles. The van der Waals surface area contributed by atoms with Gasteiger partial charge < -0.3 is 21.0 Å². The van der Waals surface area contributed by atoms with Crippen LogP contribution < -0.4 is 20.5 Å². The van der Waals surface area contributed by atoms with Crippen molar-refractivity contribution in [2.24, 2.45) is 0 Å². The molecule has 0 aliphatic carbocycles. The topological polar surface area (TPSA) is 87.1 Å². The van der Waals surface area contributed by atoms with Crippen LogP contribution in [-0.4, -0.2) is 18.1 Å². The van der Waals surface area contributed by atoms with Crippen LogP contribution in [0.15, 0.2) is 6.07 Å². The van der Waals surface area contributed by atoms with Crippen LogP contribution in [0.25, 0.3) is 0 Å². The van der Waals surface area contributed by atoms with Crippen molar-refractivity contribution in [1.82, 2.24) is 4.98 Å². The van der Waals surface area contributed by atoms with E-state index >= 15 is 0 Å². The van der Waals surface area contributed by atoms with Gasteiger partial charge in [-0.1, -0.05) is 18.3 Å². The van der Waals surface area contributed by atoms with Gasteiger partial charge >= 0.3 is 5.95 Å². The summed E-state index contributed by atoms with van der Waals surface area (Å²) in [5, 5.41) is 14.5. The second kappa shape index (κ2) is 5.99. The Morgan fingerprint density at radius 1 is 1.56 bits per heavy atom. The molecule has 0 amide bonds. The van der Waals surface area contributed by atoms with Crippen molar-refractivity contribution in [3.05, 3.63) is 11.3 Å². The second-order valence-electron chi connectivity index (χ2n) is 3.35. The van der Waals surface area contributed by atoms with Crippen LogP contribution >= 0.6 is 0 Å². The summed E-state index contributed by atoms with van der Waals surface area (Å²) in [6.07, 6.45) is 2.05. The molecule has 1 aromatic heterocycles. The SMILES string of the molecule is CCCCNc1cc(OCC)nc(N)[n+]1[O-]. The zero-order valence-electron chi connectivity index (χ0n) is 9.69. The Hall–Kier alpha value is -1.72. The van der Waals surface area contributed by atoms with Crippen LogP contribution in [0.4, 0.5) is 11.8 Å². The Morgan fingerprint density at radius 3 is 2.94 bits per heavy atom. The summed E-state index contributed by atoms with van der Waals surface area (Å²) in [6.45, 7) is 5.15. The smallest absolute Gasteiger partial charge is 0.347 e. The summed E-state index contributed by atoms with van der Waals surface area (Å²) in [6, 6.07) is 1.56. The fraction of sp³-hybridized carbons (Fsp3) is 0.600. The van der Waals surface area contributed by atoms with E-state index in [0.29, 0.717) is 23.0 Å². The normalized spacial score (nSPS) is 10.1. The van der Waals surface area contributed by atoms with E-state index in [9.17, 15) is 5.21 Å². The molecule has 3 N–H and O–H groups in total. The Labute approximate surface area is 95.0 Å². The molecule has 0 aliphatic heterocycles. The molecule has 1 aromatic rings. The molecular formula is C10H18N4O2. The van der Waals surface area contributed by atoms with Crippen LogP contribution in [0.5, 0.6) is 5.88 Å². The third-order valence-corrected chi connectivity index (χ3v) is 2.04. The number of unbranched alkanes of at least 4 members (excludes halogenated alkanes) is 1. The monoisotopic (exact) mass is 226 g/mol. The fourth-order valence-electron chi connectivity index (χ4n) is 1.23. The maximum Gasteiger partial charge on any atom is 0.347 e. The molecule has 0 saturated carbocycles. The van der Waals surface area contributed by atoms with Gasteiger partial charge in [-0.15, -0.1) is 0 Å². The van der Waals surface area contributed by atoms with E-state index in [1.54, 1.807) is 6.07 Å². The number of nitrogen functional groups attached to an aromatic ring is 1. The lowest BCUT2D eigenvalue weighted by Crippen LogP contribution is -2.35. The lowest BCUT2D eigenvalue weighted by molar-refractivity contribution is -0.577. The van der Waals surface area contributed by atoms with Crippen molar-refractivity contribution in [2.75, 3.05) is 24.2 Å². The zero-order chi connectivity index (χ0) is 12.0. The summed E-state index contributed by atoms with van der Waals surface area (Å²) >= 11 is 0. The predicted molar refractivity (Wildman–Crippen MR) is 62.2 cm³/mol. The first kappa shape index (κ1) is 12.4. The third kappa shape index (κ3) is 3.15. The Balaban J connectivity index is 2.79. The average molecular weight is 226 g/mol. The molecular weight excluding hydrogens is 208 g/mol. The first-order valence-electron chi connectivity index (χ1n) is 5.45. The minimum atomic E-state index is -0.107. The lowest BCUT2D eigenvalue weighted by atomic mass is 10.3. The number of hydrogen-bond acceptors (Lipinski definition) is 5. The van der Waals surface area contributed by atoms with Crippen molar-refractivity contribution in [3.63, 3.8) is 0 Å². The minimum Gasteiger partial charge on any atom is -0.754 e. The van der Waals surface area contributed by atoms with E-state index in [0.717, 1.165) is 19.4 Å². The van der Waals surface area contributed by atoms with Crippen molar-refractivity contribution >= 4 is 11.8 Å². The third-order valence-electron chi connectivity index (χ3n) is 2.04. The molecule has 0 aromatic carbocycles. The first-order chi connectivity index (χ1) is 7.69. The molecule has 0 aliphatic rings. The molecule has 6 nitrogen and oxygen atoms in total. The van der Waals surface area contributed by atoms with Crippen LogP contribution in [0, 0.1) is 5.21 Å². The molecule has 0 bridgehead atoms. The number of aromatic nitrogens is 2. The number of hydrogen-bond donors (Lipinski definition) is 2. The maximum atomic E-state index is 11.5. The highest BCUT2D eigenvalue weighted by molar-refractivity contribution is 5.36. The number of nitrogens with one attached hydrogen (secondary N) is 1. The second-order valence-corrected chi connectivity index (χ2v) is 3.35. The van der Waals surface area contributed by atoms with Crippen molar-refractivity contribution in [2.45, 2.75) is 26.7 Å². The van der Waals surface area contributed by atoms with Crippen molar-refractivity contribution in [3.8, 4) is 5.88 Å². The molecule has 90 valence electrons. The molecule has 16 heavy (non-hydrogen) atoms. The number of rotatable bonds is 6. The lowest BCUT2D eigenvalue weighted by Gasteiger charge is -2.14. The number of nitrogens with zero attached hydrogens (tertiary/aromatic N) is 2. The standard InChI is InChI=1S/C10H18N4O2/c1-3-5-6-12-8-7-9(16-4-2)13-10(11)14(8)15/h7,12H,3-6H2,1-2H3,(H2,11,13). The summed E-state index contributed by atoms with van der Waals surface area (Å²) < 4.78 is 5.77. The van der Waals surface area contributed by atoms with Crippen molar-refractivity contribution in [1.29, 1.82) is 0 Å². The van der Waals surface area contributed by atoms with Gasteiger partial charge in [0.15, 0.2) is 0 Å². The van der Waals surface area contributed by atoms with Gasteiger partial charge in [0, 0.05) is 6.54 Å². The maximum absolute atomic E-state index is 11.5. The van der Waals surface area contributed by atoms with E-state index in [-0.39, 0.29) is 5.95 Å². The Bertz CT molecular complexity index is 344. The average Bonchev–Trinajstić information content (AvgIpc) is 2.25. The summed E-state index contributed by atoms with van der Waals surface area (Å²) in [7, 11) is 0. The fourth-order valence-corrected chi connectivity index (χ4v) is 1.23. The first-order valence-corrected chi connectivity index (χ1v) is 5.45.